The molecule has 0 aliphatic carbocycles. The van der Waals surface area contributed by atoms with Crippen LogP contribution in [0.25, 0.3) is 0 Å². The number of ether oxygens (including phenoxy) is 3. The molecule has 0 saturated carbocycles. The number of rotatable bonds is 55. The quantitative estimate of drug-likeness (QED) is 0.0262. The standard InChI is InChI=1S/C63H114O6/c1-4-7-10-13-16-19-22-25-28-30-31-32-33-34-36-38-41-44-47-50-53-56-62(65)68-59-60(58-67-61(64)55-52-49-46-43-40-37-27-24-21-18-15-12-9-6-3)69-63(66)57-54-51-48-45-42-39-35-29-26-23-20-17-14-11-8-5-2/h7,10,16,19,25,28,31-32,60H,4-6,8-9,11-15,17-18,20-24,26-27,29-30,33-59H2,1-3H3/b10-7-,19-16-,28-25-,32-31-. The lowest BCUT2D eigenvalue weighted by atomic mass is 10.0. The maximum Gasteiger partial charge on any atom is 0.306 e. The summed E-state index contributed by atoms with van der Waals surface area (Å²) in [7, 11) is 0. The molecule has 0 aromatic carbocycles. The third-order valence-corrected chi connectivity index (χ3v) is 13.3. The third-order valence-electron chi connectivity index (χ3n) is 13.3. The molecule has 0 aromatic heterocycles. The molecular formula is C63H114O6. The Morgan fingerprint density at radius 3 is 0.884 bits per heavy atom. The second-order valence-electron chi connectivity index (χ2n) is 20.2. The first-order chi connectivity index (χ1) is 34.0. The van der Waals surface area contributed by atoms with Gasteiger partial charge in [-0.3, -0.25) is 14.4 Å². The van der Waals surface area contributed by atoms with Crippen LogP contribution in [0.15, 0.2) is 48.6 Å². The molecule has 0 spiro atoms. The molecule has 0 aromatic rings. The lowest BCUT2D eigenvalue weighted by Gasteiger charge is -2.18. The van der Waals surface area contributed by atoms with Gasteiger partial charge < -0.3 is 14.2 Å². The van der Waals surface area contributed by atoms with E-state index in [1.165, 1.54) is 186 Å². The molecular weight excluding hydrogens is 853 g/mol. The first-order valence-electron chi connectivity index (χ1n) is 30.1. The molecule has 1 unspecified atom stereocenters. The van der Waals surface area contributed by atoms with Gasteiger partial charge in [-0.25, -0.2) is 0 Å². The molecule has 69 heavy (non-hydrogen) atoms. The smallest absolute Gasteiger partial charge is 0.306 e. The minimum atomic E-state index is -0.772. The summed E-state index contributed by atoms with van der Waals surface area (Å²) in [6, 6.07) is 0. The van der Waals surface area contributed by atoms with E-state index >= 15 is 0 Å². The van der Waals surface area contributed by atoms with Gasteiger partial charge in [0.05, 0.1) is 0 Å². The fourth-order valence-corrected chi connectivity index (χ4v) is 8.85. The minimum absolute atomic E-state index is 0.0706. The number of hydrogen-bond acceptors (Lipinski definition) is 6. The van der Waals surface area contributed by atoms with E-state index < -0.39 is 6.10 Å². The summed E-state index contributed by atoms with van der Waals surface area (Å²) in [5.74, 6) is -0.859. The van der Waals surface area contributed by atoms with Crippen molar-refractivity contribution >= 4 is 17.9 Å². The maximum atomic E-state index is 12.9. The fraction of sp³-hybridized carbons (Fsp3) is 0.825. The van der Waals surface area contributed by atoms with E-state index in [0.717, 1.165) is 89.9 Å². The predicted octanol–water partition coefficient (Wildman–Crippen LogP) is 20.2. The number of unbranched alkanes of at least 4 members (excludes halogenated alkanes) is 36. The van der Waals surface area contributed by atoms with Crippen molar-refractivity contribution in [1.29, 1.82) is 0 Å². The number of carbonyl (C=O) groups excluding carboxylic acids is 3. The highest BCUT2D eigenvalue weighted by molar-refractivity contribution is 5.71. The van der Waals surface area contributed by atoms with E-state index in [1.807, 2.05) is 0 Å². The molecule has 1 atom stereocenters. The van der Waals surface area contributed by atoms with Crippen LogP contribution in [0.2, 0.25) is 0 Å². The Morgan fingerprint density at radius 1 is 0.304 bits per heavy atom. The van der Waals surface area contributed by atoms with Crippen LogP contribution < -0.4 is 0 Å². The highest BCUT2D eigenvalue weighted by Crippen LogP contribution is 2.17. The van der Waals surface area contributed by atoms with E-state index in [1.54, 1.807) is 0 Å². The molecule has 0 heterocycles. The van der Waals surface area contributed by atoms with E-state index in [2.05, 4.69) is 69.4 Å². The normalized spacial score (nSPS) is 12.3. The summed E-state index contributed by atoms with van der Waals surface area (Å²) < 4.78 is 16.9. The van der Waals surface area contributed by atoms with Crippen LogP contribution in [-0.2, 0) is 28.6 Å². The van der Waals surface area contributed by atoms with Crippen molar-refractivity contribution < 1.29 is 28.6 Å². The first kappa shape index (κ1) is 66.4. The zero-order valence-corrected chi connectivity index (χ0v) is 46.1. The summed E-state index contributed by atoms with van der Waals surface area (Å²) >= 11 is 0. The van der Waals surface area contributed by atoms with Gasteiger partial charge in [0.2, 0.25) is 0 Å². The van der Waals surface area contributed by atoms with Gasteiger partial charge in [0.25, 0.3) is 0 Å². The van der Waals surface area contributed by atoms with E-state index in [4.69, 9.17) is 14.2 Å². The second-order valence-corrected chi connectivity index (χ2v) is 20.2. The minimum Gasteiger partial charge on any atom is -0.462 e. The van der Waals surface area contributed by atoms with Crippen molar-refractivity contribution in [2.45, 2.75) is 322 Å². The van der Waals surface area contributed by atoms with Gasteiger partial charge in [-0.15, -0.1) is 0 Å². The third kappa shape index (κ3) is 56.2. The van der Waals surface area contributed by atoms with Gasteiger partial charge in [0.15, 0.2) is 6.10 Å². The first-order valence-corrected chi connectivity index (χ1v) is 30.1. The molecule has 0 saturated heterocycles. The molecule has 6 heteroatoms. The van der Waals surface area contributed by atoms with Gasteiger partial charge in [0.1, 0.15) is 13.2 Å². The highest BCUT2D eigenvalue weighted by atomic mass is 16.6. The molecule has 0 aliphatic rings. The van der Waals surface area contributed by atoms with Crippen LogP contribution in [0.4, 0.5) is 0 Å². The van der Waals surface area contributed by atoms with Crippen molar-refractivity contribution in [1.82, 2.24) is 0 Å². The van der Waals surface area contributed by atoms with Crippen LogP contribution in [0, 0.1) is 0 Å². The van der Waals surface area contributed by atoms with Gasteiger partial charge >= 0.3 is 17.9 Å². The number of carbonyl (C=O) groups is 3. The molecule has 0 radical (unpaired) electrons. The van der Waals surface area contributed by atoms with Crippen molar-refractivity contribution in [3.05, 3.63) is 48.6 Å². The average Bonchev–Trinajstić information content (AvgIpc) is 3.35. The molecule has 402 valence electrons. The summed E-state index contributed by atoms with van der Waals surface area (Å²) in [6.07, 6.45) is 71.0. The Morgan fingerprint density at radius 2 is 0.565 bits per heavy atom. The Kier molecular flexibility index (Phi) is 55.7. The van der Waals surface area contributed by atoms with Crippen molar-refractivity contribution in [2.75, 3.05) is 13.2 Å². The van der Waals surface area contributed by atoms with Crippen molar-refractivity contribution in [3.8, 4) is 0 Å². The largest absolute Gasteiger partial charge is 0.462 e. The van der Waals surface area contributed by atoms with Gasteiger partial charge in [0, 0.05) is 19.3 Å². The van der Waals surface area contributed by atoms with Crippen LogP contribution >= 0.6 is 0 Å². The Balaban J connectivity index is 4.33. The van der Waals surface area contributed by atoms with Crippen LogP contribution in [0.3, 0.4) is 0 Å². The second kappa shape index (κ2) is 57.9. The van der Waals surface area contributed by atoms with Crippen molar-refractivity contribution in [2.24, 2.45) is 0 Å². The maximum absolute atomic E-state index is 12.9. The van der Waals surface area contributed by atoms with Crippen molar-refractivity contribution in [3.63, 3.8) is 0 Å². The number of allylic oxidation sites excluding steroid dienone is 8. The Labute approximate surface area is 428 Å². The summed E-state index contributed by atoms with van der Waals surface area (Å²) in [4.78, 5) is 38.2. The molecule has 0 rings (SSSR count). The molecule has 6 nitrogen and oxygen atoms in total. The van der Waals surface area contributed by atoms with E-state index in [9.17, 15) is 14.4 Å². The predicted molar refractivity (Wildman–Crippen MR) is 298 cm³/mol. The van der Waals surface area contributed by atoms with E-state index in [0.29, 0.717) is 19.3 Å². The van der Waals surface area contributed by atoms with E-state index in [-0.39, 0.29) is 31.1 Å². The van der Waals surface area contributed by atoms with Gasteiger partial charge in [-0.1, -0.05) is 288 Å². The zero-order valence-electron chi connectivity index (χ0n) is 46.1. The average molecular weight is 968 g/mol. The van der Waals surface area contributed by atoms with Gasteiger partial charge in [-0.05, 0) is 57.8 Å². The molecule has 0 fully saturated rings. The molecule has 0 bridgehead atoms. The SMILES string of the molecule is CC/C=C\C/C=C\C/C=C\C/C=C\CCCCCCCCCCC(=O)OCC(COC(=O)CCCCCCCCCCCCCCCC)OC(=O)CCCCCCCCCCCCCCCCCC. The lowest BCUT2D eigenvalue weighted by molar-refractivity contribution is -0.167. The Hall–Kier alpha value is -2.63. The molecule has 0 aliphatic heterocycles. The lowest BCUT2D eigenvalue weighted by Crippen LogP contribution is -2.30. The number of hydrogen-bond donors (Lipinski definition) is 0. The molecule has 0 amide bonds. The zero-order chi connectivity index (χ0) is 50.0. The monoisotopic (exact) mass is 967 g/mol. The summed E-state index contributed by atoms with van der Waals surface area (Å²) in [5.41, 5.74) is 0. The molecule has 0 N–H and O–H groups in total. The Bertz CT molecular complexity index is 1200. The number of esters is 3. The van der Waals surface area contributed by atoms with Gasteiger partial charge in [-0.2, -0.15) is 0 Å². The summed E-state index contributed by atoms with van der Waals surface area (Å²) in [6.45, 7) is 6.57. The topological polar surface area (TPSA) is 78.9 Å². The fourth-order valence-electron chi connectivity index (χ4n) is 8.85. The highest BCUT2D eigenvalue weighted by Gasteiger charge is 2.19. The van der Waals surface area contributed by atoms with Crippen LogP contribution in [-0.4, -0.2) is 37.2 Å². The summed E-state index contributed by atoms with van der Waals surface area (Å²) in [5, 5.41) is 0. The van der Waals surface area contributed by atoms with Crippen LogP contribution in [0.1, 0.15) is 316 Å². The van der Waals surface area contributed by atoms with Crippen LogP contribution in [0.5, 0.6) is 0 Å².